The fraction of sp³-hybridized carbons (Fsp3) is 0.844. The number of aliphatic hydroxyl groups excluding tert-OH is 2. The smallest absolute Gasteiger partial charge is 0.136 e. The summed E-state index contributed by atoms with van der Waals surface area (Å²) in [5.41, 5.74) is 5.88. The minimum atomic E-state index is -0.0405. The maximum atomic E-state index is 11.5. The van der Waals surface area contributed by atoms with Gasteiger partial charge in [-0.25, -0.2) is 0 Å². The molecule has 4 saturated carbocycles. The van der Waals surface area contributed by atoms with Crippen molar-refractivity contribution in [3.8, 4) is 0 Å². The highest BCUT2D eigenvalue weighted by Gasteiger charge is 2.27. The zero-order valence-corrected chi connectivity index (χ0v) is 47.4. The Morgan fingerprint density at radius 2 is 0.912 bits per heavy atom. The summed E-state index contributed by atoms with van der Waals surface area (Å²) in [6, 6.07) is 0. The van der Waals surface area contributed by atoms with Crippen LogP contribution in [0, 0.1) is 47.3 Å². The van der Waals surface area contributed by atoms with Crippen LogP contribution in [0.25, 0.3) is 0 Å². The van der Waals surface area contributed by atoms with Gasteiger partial charge in [0, 0.05) is 24.7 Å². The maximum Gasteiger partial charge on any atom is 0.136 e. The van der Waals surface area contributed by atoms with E-state index in [1.54, 1.807) is 0 Å². The van der Waals surface area contributed by atoms with Crippen LogP contribution >= 0.6 is 0 Å². The first-order valence-electron chi connectivity index (χ1n) is 29.6. The highest BCUT2D eigenvalue weighted by atomic mass is 16.3. The highest BCUT2D eigenvalue weighted by Crippen LogP contribution is 2.33. The Kier molecular flexibility index (Phi) is 37.6. The van der Waals surface area contributed by atoms with Crippen LogP contribution in [-0.2, 0) is 9.59 Å². The second-order valence-corrected chi connectivity index (χ2v) is 23.3. The molecule has 10 atom stereocenters. The van der Waals surface area contributed by atoms with Crippen LogP contribution in [0.2, 0.25) is 0 Å². The lowest BCUT2D eigenvalue weighted by atomic mass is 9.90. The molecule has 4 aliphatic carbocycles. The molecule has 0 amide bonds. The lowest BCUT2D eigenvalue weighted by molar-refractivity contribution is -0.121. The van der Waals surface area contributed by atoms with Gasteiger partial charge in [0.05, 0.1) is 12.2 Å². The summed E-state index contributed by atoms with van der Waals surface area (Å²) < 4.78 is 0. The van der Waals surface area contributed by atoms with Crippen LogP contribution in [0.5, 0.6) is 0 Å². The van der Waals surface area contributed by atoms with Gasteiger partial charge in [-0.1, -0.05) is 179 Å². The molecule has 0 aliphatic heterocycles. The molecule has 4 aliphatic rings. The number of hydrogen-bond donors (Lipinski definition) is 2. The molecule has 0 aromatic carbocycles. The lowest BCUT2D eigenvalue weighted by Gasteiger charge is -2.18. The van der Waals surface area contributed by atoms with Crippen molar-refractivity contribution in [2.24, 2.45) is 47.3 Å². The number of Topliss-reactive ketones (excluding diaryl/α,β-unsaturated/α-hetero) is 2. The molecule has 4 fully saturated rings. The van der Waals surface area contributed by atoms with E-state index in [-0.39, 0.29) is 12.2 Å². The molecule has 4 heteroatoms. The molecule has 4 nitrogen and oxygen atoms in total. The van der Waals surface area contributed by atoms with E-state index in [9.17, 15) is 19.8 Å². The average Bonchev–Trinajstić information content (AvgIpc) is 4.15. The first-order chi connectivity index (χ1) is 32.5. The van der Waals surface area contributed by atoms with Crippen molar-refractivity contribution < 1.29 is 19.8 Å². The van der Waals surface area contributed by atoms with Gasteiger partial charge in [-0.2, -0.15) is 0 Å². The van der Waals surface area contributed by atoms with Gasteiger partial charge in [0.15, 0.2) is 0 Å². The summed E-state index contributed by atoms with van der Waals surface area (Å²) in [4.78, 5) is 23.0. The second kappa shape index (κ2) is 39.8. The molecule has 396 valence electrons. The van der Waals surface area contributed by atoms with Crippen LogP contribution in [0.1, 0.15) is 289 Å². The van der Waals surface area contributed by atoms with Gasteiger partial charge in [0.2, 0.25) is 0 Å². The number of allylic oxidation sites excluding steroid dienone is 8. The van der Waals surface area contributed by atoms with Gasteiger partial charge >= 0.3 is 0 Å². The van der Waals surface area contributed by atoms with Gasteiger partial charge in [0.1, 0.15) is 11.6 Å². The lowest BCUT2D eigenvalue weighted by Crippen LogP contribution is -2.14. The predicted octanol–water partition coefficient (Wildman–Crippen LogP) is 19.2. The van der Waals surface area contributed by atoms with Crippen LogP contribution in [0.3, 0.4) is 0 Å². The molecule has 0 aromatic heterocycles. The van der Waals surface area contributed by atoms with Crippen molar-refractivity contribution in [1.29, 1.82) is 0 Å². The molecule has 0 bridgehead atoms. The summed E-state index contributed by atoms with van der Waals surface area (Å²) in [5, 5.41) is 19.5. The van der Waals surface area contributed by atoms with E-state index in [1.165, 1.54) is 131 Å². The SMILES string of the molecule is CC/C(C)=C/CC/C(C)=C/CC1CCCC1=O.CC/C(C)=C/CC/C(C)=C/CC1CCCC1O.CCC(C)CCCC(C)CCC1CCCC1=O.CCC(C)CCCC(C)CCC1CCCC1O. The third-order valence-corrected chi connectivity index (χ3v) is 17.0. The molecule has 10 unspecified atom stereocenters. The van der Waals surface area contributed by atoms with Crippen molar-refractivity contribution in [1.82, 2.24) is 0 Å². The summed E-state index contributed by atoms with van der Waals surface area (Å²) in [6.45, 7) is 27.2. The van der Waals surface area contributed by atoms with Gasteiger partial charge in [0.25, 0.3) is 0 Å². The zero-order valence-electron chi connectivity index (χ0n) is 47.4. The second-order valence-electron chi connectivity index (χ2n) is 23.3. The largest absolute Gasteiger partial charge is 0.393 e. The number of rotatable bonds is 28. The van der Waals surface area contributed by atoms with Crippen LogP contribution < -0.4 is 0 Å². The summed E-state index contributed by atoms with van der Waals surface area (Å²) in [7, 11) is 0. The molecule has 2 N–H and O–H groups in total. The number of carbonyl (C=O) groups is 2. The van der Waals surface area contributed by atoms with Crippen molar-refractivity contribution in [2.45, 2.75) is 301 Å². The van der Waals surface area contributed by atoms with Crippen molar-refractivity contribution in [3.63, 3.8) is 0 Å². The van der Waals surface area contributed by atoms with E-state index in [2.05, 4.69) is 107 Å². The predicted molar refractivity (Wildman–Crippen MR) is 298 cm³/mol. The minimum absolute atomic E-state index is 0.0160. The molecular weight excluding hydrogens is 833 g/mol. The van der Waals surface area contributed by atoms with Crippen molar-refractivity contribution in [2.75, 3.05) is 0 Å². The molecule has 0 radical (unpaired) electrons. The summed E-state index contributed by atoms with van der Waals surface area (Å²) in [6.07, 6.45) is 47.3. The maximum absolute atomic E-state index is 11.5. The van der Waals surface area contributed by atoms with Crippen LogP contribution in [-0.4, -0.2) is 34.0 Å². The Bertz CT molecular complexity index is 1420. The highest BCUT2D eigenvalue weighted by molar-refractivity contribution is 5.83. The van der Waals surface area contributed by atoms with Crippen LogP contribution in [0.15, 0.2) is 46.6 Å². The van der Waals surface area contributed by atoms with Crippen LogP contribution in [0.4, 0.5) is 0 Å². The standard InChI is InChI=1S/C16H32O.C16H30O.C16H28O.C16H26O/c4*1-4-13(2)7-5-8-14(3)11-12-15-9-6-10-16(15)17/h13-17H,4-12H2,1-3H3;13-15H,4-12H2,1-3H3;7,11,15-17H,4-6,8-10,12H2,1-3H3;7,11,15H,4-6,8-10,12H2,1-3H3/b;;2*13-7+,14-11+. The molecule has 0 spiro atoms. The van der Waals surface area contributed by atoms with E-state index < -0.39 is 0 Å². The Balaban J connectivity index is 0.000000453. The van der Waals surface area contributed by atoms with E-state index >= 15 is 0 Å². The first-order valence-corrected chi connectivity index (χ1v) is 29.6. The zero-order chi connectivity index (χ0) is 50.7. The third kappa shape index (κ3) is 31.5. The van der Waals surface area contributed by atoms with Gasteiger partial charge in [-0.3, -0.25) is 9.59 Å². The van der Waals surface area contributed by atoms with E-state index in [0.717, 1.165) is 120 Å². The van der Waals surface area contributed by atoms with E-state index in [1.807, 2.05) is 0 Å². The normalized spacial score (nSPS) is 25.3. The molecular formula is C64H116O4. The fourth-order valence-corrected chi connectivity index (χ4v) is 10.6. The quantitative estimate of drug-likeness (QED) is 0.0767. The van der Waals surface area contributed by atoms with Gasteiger partial charge < -0.3 is 10.2 Å². The van der Waals surface area contributed by atoms with E-state index in [4.69, 9.17) is 0 Å². The Hall–Kier alpha value is -1.78. The molecule has 68 heavy (non-hydrogen) atoms. The fourth-order valence-electron chi connectivity index (χ4n) is 10.6. The third-order valence-electron chi connectivity index (χ3n) is 17.0. The first kappa shape index (κ1) is 64.2. The molecule has 4 rings (SSSR count). The van der Waals surface area contributed by atoms with Crippen molar-refractivity contribution in [3.05, 3.63) is 46.6 Å². The Morgan fingerprint density at radius 3 is 1.32 bits per heavy atom. The van der Waals surface area contributed by atoms with E-state index in [0.29, 0.717) is 35.2 Å². The van der Waals surface area contributed by atoms with Crippen molar-refractivity contribution >= 4 is 11.6 Å². The summed E-state index contributed by atoms with van der Waals surface area (Å²) >= 11 is 0. The topological polar surface area (TPSA) is 74.6 Å². The van der Waals surface area contributed by atoms with Gasteiger partial charge in [-0.05, 0) is 179 Å². The molecule has 0 heterocycles. The summed E-state index contributed by atoms with van der Waals surface area (Å²) in [5.74, 6) is 6.37. The number of aliphatic hydroxyl groups is 2. The number of hydrogen-bond acceptors (Lipinski definition) is 4. The Labute approximate surface area is 424 Å². The number of carbonyl (C=O) groups excluding carboxylic acids is 2. The number of ketones is 2. The average molecular weight is 950 g/mol. The Morgan fingerprint density at radius 1 is 0.485 bits per heavy atom. The van der Waals surface area contributed by atoms with Gasteiger partial charge in [-0.15, -0.1) is 0 Å². The molecule has 0 aromatic rings. The monoisotopic (exact) mass is 949 g/mol. The molecule has 0 saturated heterocycles. The minimum Gasteiger partial charge on any atom is -0.393 e.